The number of nitrogens with one attached hydrogen (secondary N) is 2. The van der Waals surface area contributed by atoms with Gasteiger partial charge in [0.25, 0.3) is 5.91 Å². The van der Waals surface area contributed by atoms with Crippen LogP contribution in [0.4, 0.5) is 5.82 Å². The molecule has 0 aromatic carbocycles. The summed E-state index contributed by atoms with van der Waals surface area (Å²) >= 11 is 0. The first-order valence-corrected chi connectivity index (χ1v) is 7.10. The lowest BCUT2D eigenvalue weighted by atomic mass is 10.1. The molecule has 0 fully saturated rings. The van der Waals surface area contributed by atoms with Crippen molar-refractivity contribution in [2.45, 2.75) is 19.9 Å². The quantitative estimate of drug-likeness (QED) is 0.893. The standard InChI is InChI=1S/C16H15N5O/c1-2-18-15-11(3-10(6-17)7-20-15)4-13-5-14-12(8-19-13)9-21-16(14)22/h3,5,7-8H,2,4,9H2,1H3,(H,18,20)(H,21,22). The van der Waals surface area contributed by atoms with Gasteiger partial charge in [-0.2, -0.15) is 5.26 Å². The smallest absolute Gasteiger partial charge is 0.252 e. The number of hydrogen-bond donors (Lipinski definition) is 2. The Morgan fingerprint density at radius 2 is 2.23 bits per heavy atom. The van der Waals surface area contributed by atoms with Crippen LogP contribution in [-0.4, -0.2) is 22.4 Å². The van der Waals surface area contributed by atoms with Gasteiger partial charge in [-0.15, -0.1) is 0 Å². The normalized spacial score (nSPS) is 12.5. The Balaban J connectivity index is 1.94. The first-order valence-electron chi connectivity index (χ1n) is 7.10. The fourth-order valence-electron chi connectivity index (χ4n) is 2.47. The summed E-state index contributed by atoms with van der Waals surface area (Å²) in [6.07, 6.45) is 3.80. The second-order valence-corrected chi connectivity index (χ2v) is 5.07. The molecule has 6 heteroatoms. The van der Waals surface area contributed by atoms with Crippen molar-refractivity contribution >= 4 is 11.7 Å². The SMILES string of the molecule is CCNc1ncc(C#N)cc1Cc1cc2c(cn1)CNC2=O. The molecular weight excluding hydrogens is 278 g/mol. The van der Waals surface area contributed by atoms with Crippen LogP contribution in [0, 0.1) is 11.3 Å². The zero-order valence-corrected chi connectivity index (χ0v) is 12.2. The van der Waals surface area contributed by atoms with Gasteiger partial charge in [-0.1, -0.05) is 0 Å². The third-order valence-corrected chi connectivity index (χ3v) is 3.54. The largest absolute Gasteiger partial charge is 0.370 e. The number of aromatic nitrogens is 2. The molecule has 3 rings (SSSR count). The molecule has 2 aromatic rings. The third kappa shape index (κ3) is 2.61. The van der Waals surface area contributed by atoms with Crippen LogP contribution in [0.5, 0.6) is 0 Å². The van der Waals surface area contributed by atoms with E-state index in [1.165, 1.54) is 0 Å². The van der Waals surface area contributed by atoms with Crippen molar-refractivity contribution in [3.05, 3.63) is 52.5 Å². The number of pyridine rings is 2. The van der Waals surface area contributed by atoms with E-state index in [2.05, 4.69) is 26.7 Å². The summed E-state index contributed by atoms with van der Waals surface area (Å²) < 4.78 is 0. The molecule has 0 unspecified atom stereocenters. The highest BCUT2D eigenvalue weighted by molar-refractivity contribution is 5.98. The average Bonchev–Trinajstić information content (AvgIpc) is 2.90. The van der Waals surface area contributed by atoms with Crippen molar-refractivity contribution in [3.63, 3.8) is 0 Å². The summed E-state index contributed by atoms with van der Waals surface area (Å²) in [6.45, 7) is 3.27. The van der Waals surface area contributed by atoms with Gasteiger partial charge in [0.15, 0.2) is 0 Å². The topological polar surface area (TPSA) is 90.7 Å². The monoisotopic (exact) mass is 293 g/mol. The van der Waals surface area contributed by atoms with Gasteiger partial charge in [0, 0.05) is 54.3 Å². The highest BCUT2D eigenvalue weighted by Gasteiger charge is 2.19. The number of carbonyl (C=O) groups is 1. The number of carbonyl (C=O) groups excluding carboxylic acids is 1. The van der Waals surface area contributed by atoms with Crippen LogP contribution in [0.3, 0.4) is 0 Å². The van der Waals surface area contributed by atoms with Crippen LogP contribution < -0.4 is 10.6 Å². The highest BCUT2D eigenvalue weighted by atomic mass is 16.1. The van der Waals surface area contributed by atoms with Crippen molar-refractivity contribution < 1.29 is 4.79 Å². The van der Waals surface area contributed by atoms with Gasteiger partial charge in [-0.3, -0.25) is 9.78 Å². The Hall–Kier alpha value is -2.94. The molecule has 3 heterocycles. The van der Waals surface area contributed by atoms with Crippen molar-refractivity contribution in [3.8, 4) is 6.07 Å². The molecule has 2 aromatic heterocycles. The Morgan fingerprint density at radius 3 is 3.00 bits per heavy atom. The molecule has 1 aliphatic heterocycles. The summed E-state index contributed by atoms with van der Waals surface area (Å²) in [7, 11) is 0. The fraction of sp³-hybridized carbons (Fsp3) is 0.250. The van der Waals surface area contributed by atoms with E-state index in [-0.39, 0.29) is 5.91 Å². The second-order valence-electron chi connectivity index (χ2n) is 5.07. The number of fused-ring (bicyclic) bond motifs is 1. The molecule has 22 heavy (non-hydrogen) atoms. The van der Waals surface area contributed by atoms with Crippen LogP contribution >= 0.6 is 0 Å². The van der Waals surface area contributed by atoms with Gasteiger partial charge < -0.3 is 10.6 Å². The maximum atomic E-state index is 11.7. The number of amides is 1. The van der Waals surface area contributed by atoms with Gasteiger partial charge in [-0.25, -0.2) is 4.98 Å². The van der Waals surface area contributed by atoms with Crippen LogP contribution in [-0.2, 0) is 13.0 Å². The average molecular weight is 293 g/mol. The zero-order valence-electron chi connectivity index (χ0n) is 12.2. The van der Waals surface area contributed by atoms with E-state index in [1.54, 1.807) is 18.5 Å². The van der Waals surface area contributed by atoms with E-state index < -0.39 is 0 Å². The number of anilines is 1. The van der Waals surface area contributed by atoms with E-state index in [0.717, 1.165) is 29.2 Å². The molecule has 0 saturated heterocycles. The van der Waals surface area contributed by atoms with E-state index in [1.807, 2.05) is 13.0 Å². The minimum absolute atomic E-state index is 0.0607. The fourth-order valence-corrected chi connectivity index (χ4v) is 2.47. The predicted octanol–water partition coefficient (Wildman–Crippen LogP) is 1.61. The molecule has 0 radical (unpaired) electrons. The molecule has 0 atom stereocenters. The first-order chi connectivity index (χ1) is 10.7. The van der Waals surface area contributed by atoms with Crippen molar-refractivity contribution in [2.24, 2.45) is 0 Å². The van der Waals surface area contributed by atoms with Crippen LogP contribution in [0.2, 0.25) is 0 Å². The Labute approximate surface area is 128 Å². The summed E-state index contributed by atoms with van der Waals surface area (Å²) in [5.74, 6) is 0.683. The van der Waals surface area contributed by atoms with E-state index in [4.69, 9.17) is 5.26 Å². The van der Waals surface area contributed by atoms with E-state index in [0.29, 0.717) is 24.1 Å². The third-order valence-electron chi connectivity index (χ3n) is 3.54. The number of nitrogens with zero attached hydrogens (tertiary/aromatic N) is 3. The minimum atomic E-state index is -0.0607. The predicted molar refractivity (Wildman–Crippen MR) is 81.3 cm³/mol. The summed E-state index contributed by atoms with van der Waals surface area (Å²) in [6, 6.07) is 5.71. The molecule has 1 aliphatic rings. The van der Waals surface area contributed by atoms with Gasteiger partial charge in [0.05, 0.1) is 5.56 Å². The van der Waals surface area contributed by atoms with Gasteiger partial charge >= 0.3 is 0 Å². The van der Waals surface area contributed by atoms with Gasteiger partial charge in [-0.05, 0) is 19.1 Å². The van der Waals surface area contributed by atoms with Crippen LogP contribution in [0.1, 0.15) is 39.7 Å². The lowest BCUT2D eigenvalue weighted by molar-refractivity contribution is 0.0965. The van der Waals surface area contributed by atoms with Crippen molar-refractivity contribution in [1.82, 2.24) is 15.3 Å². The summed E-state index contributed by atoms with van der Waals surface area (Å²) in [4.78, 5) is 20.4. The number of nitriles is 1. The van der Waals surface area contributed by atoms with Gasteiger partial charge in [0.2, 0.25) is 0 Å². The molecular formula is C16H15N5O. The maximum Gasteiger partial charge on any atom is 0.252 e. The molecule has 110 valence electrons. The van der Waals surface area contributed by atoms with Crippen molar-refractivity contribution in [2.75, 3.05) is 11.9 Å². The molecule has 2 N–H and O–H groups in total. The van der Waals surface area contributed by atoms with E-state index >= 15 is 0 Å². The Morgan fingerprint density at radius 1 is 1.36 bits per heavy atom. The summed E-state index contributed by atoms with van der Waals surface area (Å²) in [5.41, 5.74) is 3.79. The van der Waals surface area contributed by atoms with Crippen LogP contribution in [0.25, 0.3) is 0 Å². The molecule has 1 amide bonds. The molecule has 6 nitrogen and oxygen atoms in total. The molecule has 0 spiro atoms. The lowest BCUT2D eigenvalue weighted by Gasteiger charge is -2.10. The van der Waals surface area contributed by atoms with E-state index in [9.17, 15) is 4.79 Å². The lowest BCUT2D eigenvalue weighted by Crippen LogP contribution is -2.12. The Bertz CT molecular complexity index is 779. The zero-order chi connectivity index (χ0) is 15.5. The maximum absolute atomic E-state index is 11.7. The molecule has 0 bridgehead atoms. The molecule has 0 aliphatic carbocycles. The number of rotatable bonds is 4. The molecule has 0 saturated carbocycles. The highest BCUT2D eigenvalue weighted by Crippen LogP contribution is 2.20. The number of hydrogen-bond acceptors (Lipinski definition) is 5. The first kappa shape index (κ1) is 14.0. The summed E-state index contributed by atoms with van der Waals surface area (Å²) in [5, 5.41) is 15.0. The van der Waals surface area contributed by atoms with Crippen LogP contribution in [0.15, 0.2) is 24.5 Å². The second kappa shape index (κ2) is 5.82. The van der Waals surface area contributed by atoms with Gasteiger partial charge in [0.1, 0.15) is 11.9 Å². The Kier molecular flexibility index (Phi) is 3.71. The minimum Gasteiger partial charge on any atom is -0.370 e. The van der Waals surface area contributed by atoms with Crippen molar-refractivity contribution in [1.29, 1.82) is 5.26 Å².